The minimum atomic E-state index is -1.47. The van der Waals surface area contributed by atoms with E-state index in [1.807, 2.05) is 30.3 Å². The maximum atomic E-state index is 12.9. The highest BCUT2D eigenvalue weighted by molar-refractivity contribution is 5.89. The summed E-state index contributed by atoms with van der Waals surface area (Å²) in [5.41, 5.74) is 7.40. The molecule has 1 fully saturated rings. The molecule has 1 aromatic carbocycles. The number of hydrogen-bond acceptors (Lipinski definition) is 8. The number of amides is 4. The Morgan fingerprint density at radius 3 is 2.76 bits per heavy atom. The first-order valence-electron chi connectivity index (χ1n) is 10.6. The summed E-state index contributed by atoms with van der Waals surface area (Å²) >= 11 is 0. The molecule has 0 aromatic heterocycles. The topological polar surface area (TPSA) is 157 Å². The van der Waals surface area contributed by atoms with E-state index < -0.39 is 47.2 Å². The van der Waals surface area contributed by atoms with Crippen molar-refractivity contribution < 1.29 is 38.2 Å². The third kappa shape index (κ3) is 5.95. The van der Waals surface area contributed by atoms with Crippen molar-refractivity contribution in [2.75, 3.05) is 26.7 Å². The number of carbonyl (C=O) groups is 4. The fourth-order valence-corrected chi connectivity index (χ4v) is 3.98. The third-order valence-corrected chi connectivity index (χ3v) is 5.72. The lowest BCUT2D eigenvalue weighted by molar-refractivity contribution is -0.758. The Bertz CT molecular complexity index is 964. The van der Waals surface area contributed by atoms with Crippen LogP contribution in [0.5, 0.6) is 5.75 Å². The van der Waals surface area contributed by atoms with E-state index in [-0.39, 0.29) is 19.4 Å². The number of imide groups is 1. The lowest BCUT2D eigenvalue weighted by atomic mass is 10.1. The van der Waals surface area contributed by atoms with Gasteiger partial charge in [0.2, 0.25) is 6.29 Å². The van der Waals surface area contributed by atoms with Crippen LogP contribution < -0.4 is 21.1 Å². The average molecular weight is 461 g/mol. The summed E-state index contributed by atoms with van der Waals surface area (Å²) in [6.07, 6.45) is 0.692. The number of rotatable bonds is 8. The maximum Gasteiger partial charge on any atom is 0.422 e. The zero-order chi connectivity index (χ0) is 24.0. The van der Waals surface area contributed by atoms with E-state index in [0.29, 0.717) is 19.5 Å². The monoisotopic (exact) mass is 461 g/mol. The lowest BCUT2D eigenvalue weighted by Gasteiger charge is -2.31. The molecule has 2 aliphatic heterocycles. The molecular weight excluding hydrogens is 432 g/mol. The van der Waals surface area contributed by atoms with Crippen LogP contribution in [0.1, 0.15) is 24.8 Å². The predicted molar refractivity (Wildman–Crippen MR) is 115 cm³/mol. The van der Waals surface area contributed by atoms with Gasteiger partial charge >= 0.3 is 17.9 Å². The highest BCUT2D eigenvalue weighted by Gasteiger charge is 2.47. The number of urea groups is 1. The average Bonchev–Trinajstić information content (AvgIpc) is 2.99. The van der Waals surface area contributed by atoms with Crippen LogP contribution in [0, 0.1) is 0 Å². The molecule has 1 aromatic rings. The largest absolute Gasteiger partial charge is 0.497 e. The van der Waals surface area contributed by atoms with E-state index in [4.69, 9.17) is 10.5 Å². The standard InChI is InChI=1S/C22H28N4O7/c1-32-16-6-2-4-14(8-16)10-24-11-15-5-3-7-19(28)26(12-15,22(23)31)13-18(27)25-17-9-20(29)33-21(17)30/h2,4-6,8,17,21,24,30H,3,7,9-13H2,1H3,(H2-,23,25,27,31)/p+1/t17?,21?,26-/m1/s1. The summed E-state index contributed by atoms with van der Waals surface area (Å²) in [5, 5.41) is 15.4. The van der Waals surface area contributed by atoms with Gasteiger partial charge in [-0.05, 0) is 29.7 Å². The van der Waals surface area contributed by atoms with Crippen LogP contribution >= 0.6 is 0 Å². The molecule has 2 unspecified atom stereocenters. The Morgan fingerprint density at radius 2 is 2.09 bits per heavy atom. The van der Waals surface area contributed by atoms with Gasteiger partial charge in [0.05, 0.1) is 20.0 Å². The number of aliphatic hydroxyl groups excluding tert-OH is 1. The molecule has 11 nitrogen and oxygen atoms in total. The third-order valence-electron chi connectivity index (χ3n) is 5.72. The molecule has 33 heavy (non-hydrogen) atoms. The van der Waals surface area contributed by atoms with E-state index in [9.17, 15) is 24.3 Å². The van der Waals surface area contributed by atoms with Gasteiger partial charge in [0.25, 0.3) is 5.91 Å². The van der Waals surface area contributed by atoms with E-state index in [1.165, 1.54) is 0 Å². The molecule has 0 saturated carbocycles. The van der Waals surface area contributed by atoms with Gasteiger partial charge in [-0.25, -0.2) is 9.59 Å². The number of aliphatic hydroxyl groups is 1. The summed E-state index contributed by atoms with van der Waals surface area (Å²) in [6.45, 7) is 0.352. The Kier molecular flexibility index (Phi) is 7.79. The normalized spacial score (nSPS) is 25.1. The van der Waals surface area contributed by atoms with E-state index in [0.717, 1.165) is 16.9 Å². The second-order valence-corrected chi connectivity index (χ2v) is 8.13. The van der Waals surface area contributed by atoms with Gasteiger partial charge in [0, 0.05) is 13.1 Å². The minimum absolute atomic E-state index is 0.0463. The second-order valence-electron chi connectivity index (χ2n) is 8.13. The number of primary amides is 1. The van der Waals surface area contributed by atoms with Gasteiger partial charge in [0.1, 0.15) is 18.3 Å². The smallest absolute Gasteiger partial charge is 0.422 e. The fourth-order valence-electron chi connectivity index (χ4n) is 3.98. The number of methoxy groups -OCH3 is 1. The number of carbonyl (C=O) groups excluding carboxylic acids is 4. The number of benzene rings is 1. The van der Waals surface area contributed by atoms with Crippen molar-refractivity contribution in [1.29, 1.82) is 0 Å². The zero-order valence-corrected chi connectivity index (χ0v) is 18.4. The Morgan fingerprint density at radius 1 is 1.30 bits per heavy atom. The Labute approximate surface area is 191 Å². The maximum absolute atomic E-state index is 12.9. The molecule has 2 heterocycles. The van der Waals surface area contributed by atoms with Crippen LogP contribution in [-0.4, -0.2) is 72.5 Å². The number of nitrogens with zero attached hydrogens (tertiary/aromatic N) is 1. The lowest BCUT2D eigenvalue weighted by Crippen LogP contribution is -2.64. The Hall–Kier alpha value is -3.28. The summed E-state index contributed by atoms with van der Waals surface area (Å²) in [4.78, 5) is 49.3. The van der Waals surface area contributed by atoms with E-state index in [2.05, 4.69) is 15.4 Å². The summed E-state index contributed by atoms with van der Waals surface area (Å²) in [7, 11) is 1.59. The minimum Gasteiger partial charge on any atom is -0.497 e. The highest BCUT2D eigenvalue weighted by Crippen LogP contribution is 2.21. The number of nitrogens with two attached hydrogens (primary N) is 1. The number of allylic oxidation sites excluding steroid dienone is 1. The van der Waals surface area contributed by atoms with Crippen LogP contribution in [0.2, 0.25) is 0 Å². The molecule has 2 aliphatic rings. The number of esters is 1. The molecule has 178 valence electrons. The van der Waals surface area contributed by atoms with Crippen molar-refractivity contribution in [1.82, 2.24) is 10.6 Å². The van der Waals surface area contributed by atoms with Gasteiger partial charge in [-0.1, -0.05) is 18.2 Å². The summed E-state index contributed by atoms with van der Waals surface area (Å²) in [5.74, 6) is -1.06. The fraction of sp³-hybridized carbons (Fsp3) is 0.455. The van der Waals surface area contributed by atoms with Gasteiger partial charge in [-0.15, -0.1) is 0 Å². The molecule has 0 spiro atoms. The van der Waals surface area contributed by atoms with Gasteiger partial charge in [0.15, 0.2) is 6.54 Å². The summed E-state index contributed by atoms with van der Waals surface area (Å²) < 4.78 is 8.96. The first-order valence-corrected chi connectivity index (χ1v) is 10.6. The van der Waals surface area contributed by atoms with Crippen molar-refractivity contribution >= 4 is 23.8 Å². The van der Waals surface area contributed by atoms with Gasteiger partial charge < -0.3 is 30.9 Å². The highest BCUT2D eigenvalue weighted by atomic mass is 16.6. The quantitative estimate of drug-likeness (QED) is 0.233. The van der Waals surface area contributed by atoms with Crippen LogP contribution in [0.15, 0.2) is 35.9 Å². The Balaban J connectivity index is 1.66. The first-order chi connectivity index (χ1) is 15.7. The number of hydrogen-bond donors (Lipinski definition) is 4. The second kappa shape index (κ2) is 10.6. The molecule has 0 radical (unpaired) electrons. The molecule has 3 rings (SSSR count). The summed E-state index contributed by atoms with van der Waals surface area (Å²) in [6, 6.07) is 5.69. The van der Waals surface area contributed by atoms with Crippen molar-refractivity contribution in [2.45, 2.75) is 38.1 Å². The number of cyclic esters (lactones) is 1. The molecule has 11 heteroatoms. The van der Waals surface area contributed by atoms with Crippen molar-refractivity contribution in [3.05, 3.63) is 41.5 Å². The SMILES string of the molecule is COc1cccc(CNCC2=CCCC(=O)[N@@+](CC(=O)NC3CC(=O)OC3O)(C(N)=O)C2)c1. The van der Waals surface area contributed by atoms with Crippen LogP contribution in [0.25, 0.3) is 0 Å². The van der Waals surface area contributed by atoms with Crippen molar-refractivity contribution in [3.8, 4) is 5.75 Å². The molecule has 5 N–H and O–H groups in total. The van der Waals surface area contributed by atoms with Crippen LogP contribution in [0.3, 0.4) is 0 Å². The number of quaternary nitrogens is 1. The van der Waals surface area contributed by atoms with Crippen LogP contribution in [0.4, 0.5) is 4.79 Å². The van der Waals surface area contributed by atoms with E-state index in [1.54, 1.807) is 7.11 Å². The van der Waals surface area contributed by atoms with E-state index >= 15 is 0 Å². The number of nitrogens with one attached hydrogen (secondary N) is 2. The van der Waals surface area contributed by atoms with Crippen LogP contribution in [-0.2, 0) is 25.7 Å². The predicted octanol–water partition coefficient (Wildman–Crippen LogP) is -0.323. The molecule has 0 bridgehead atoms. The van der Waals surface area contributed by atoms with Gasteiger partial charge in [-0.3, -0.25) is 9.59 Å². The molecule has 4 amide bonds. The molecule has 1 saturated heterocycles. The molecule has 3 atom stereocenters. The first kappa shape index (κ1) is 24.4. The van der Waals surface area contributed by atoms with Crippen molar-refractivity contribution in [2.24, 2.45) is 5.73 Å². The zero-order valence-electron chi connectivity index (χ0n) is 18.4. The van der Waals surface area contributed by atoms with Crippen molar-refractivity contribution in [3.63, 3.8) is 0 Å². The molecule has 0 aliphatic carbocycles. The molecular formula is C22H29N4O7+. The number of ether oxygens (including phenoxy) is 2. The van der Waals surface area contributed by atoms with Gasteiger partial charge in [-0.2, -0.15) is 4.48 Å².